The minimum atomic E-state index is -0.0868. The molecule has 0 bridgehead atoms. The van der Waals surface area contributed by atoms with Gasteiger partial charge in [-0.25, -0.2) is 0 Å². The van der Waals surface area contributed by atoms with Gasteiger partial charge in [0, 0.05) is 12.0 Å². The van der Waals surface area contributed by atoms with E-state index in [1.807, 2.05) is 54.6 Å². The van der Waals surface area contributed by atoms with E-state index in [-0.39, 0.29) is 17.9 Å². The molecular weight excluding hydrogens is 286 g/mol. The second-order valence-electron chi connectivity index (χ2n) is 5.99. The van der Waals surface area contributed by atoms with Crippen molar-refractivity contribution in [3.8, 4) is 5.75 Å². The highest BCUT2D eigenvalue weighted by atomic mass is 16.5. The van der Waals surface area contributed by atoms with Crippen LogP contribution in [0.1, 0.15) is 49.3 Å². The van der Waals surface area contributed by atoms with Gasteiger partial charge in [0.15, 0.2) is 0 Å². The predicted octanol–water partition coefficient (Wildman–Crippen LogP) is 4.21. The van der Waals surface area contributed by atoms with Crippen LogP contribution in [0.5, 0.6) is 5.75 Å². The van der Waals surface area contributed by atoms with E-state index in [1.54, 1.807) is 0 Å². The SMILES string of the molecule is CCC[C@@H](C(=O)N[C@@H]1CCOc2ccccc21)c1ccccc1. The summed E-state index contributed by atoms with van der Waals surface area (Å²) in [7, 11) is 0. The Morgan fingerprint density at radius 3 is 2.70 bits per heavy atom. The van der Waals surface area contributed by atoms with E-state index in [2.05, 4.69) is 12.2 Å². The monoisotopic (exact) mass is 309 g/mol. The van der Waals surface area contributed by atoms with Crippen molar-refractivity contribution in [2.24, 2.45) is 0 Å². The molecule has 23 heavy (non-hydrogen) atoms. The number of hydrogen-bond donors (Lipinski definition) is 1. The molecule has 1 N–H and O–H groups in total. The first-order chi connectivity index (χ1) is 11.3. The van der Waals surface area contributed by atoms with Crippen LogP contribution < -0.4 is 10.1 Å². The lowest BCUT2D eigenvalue weighted by Gasteiger charge is -2.28. The smallest absolute Gasteiger partial charge is 0.228 e. The van der Waals surface area contributed by atoms with E-state index in [1.165, 1.54) is 0 Å². The fourth-order valence-corrected chi connectivity index (χ4v) is 3.19. The van der Waals surface area contributed by atoms with Gasteiger partial charge in [-0.15, -0.1) is 0 Å². The fourth-order valence-electron chi connectivity index (χ4n) is 3.19. The average Bonchev–Trinajstić information content (AvgIpc) is 2.60. The van der Waals surface area contributed by atoms with Gasteiger partial charge in [-0.1, -0.05) is 61.9 Å². The Balaban J connectivity index is 1.78. The summed E-state index contributed by atoms with van der Waals surface area (Å²) in [5.41, 5.74) is 2.17. The number of hydrogen-bond acceptors (Lipinski definition) is 2. The van der Waals surface area contributed by atoms with Crippen molar-refractivity contribution < 1.29 is 9.53 Å². The number of carbonyl (C=O) groups excluding carboxylic acids is 1. The molecule has 2 aromatic carbocycles. The topological polar surface area (TPSA) is 38.3 Å². The summed E-state index contributed by atoms with van der Waals surface area (Å²) < 4.78 is 5.68. The predicted molar refractivity (Wildman–Crippen MR) is 91.5 cm³/mol. The van der Waals surface area contributed by atoms with E-state index in [0.29, 0.717) is 6.61 Å². The average molecular weight is 309 g/mol. The zero-order valence-electron chi connectivity index (χ0n) is 13.5. The Hall–Kier alpha value is -2.29. The van der Waals surface area contributed by atoms with Crippen molar-refractivity contribution in [1.82, 2.24) is 5.32 Å². The molecule has 0 aliphatic carbocycles. The Bertz CT molecular complexity index is 654. The molecule has 1 heterocycles. The van der Waals surface area contributed by atoms with E-state index in [4.69, 9.17) is 4.74 Å². The number of amides is 1. The number of fused-ring (bicyclic) bond motifs is 1. The summed E-state index contributed by atoms with van der Waals surface area (Å²) in [4.78, 5) is 12.9. The minimum Gasteiger partial charge on any atom is -0.493 e. The van der Waals surface area contributed by atoms with Gasteiger partial charge in [0.1, 0.15) is 5.75 Å². The summed E-state index contributed by atoms with van der Waals surface area (Å²) in [6, 6.07) is 18.1. The summed E-state index contributed by atoms with van der Waals surface area (Å²) >= 11 is 0. The van der Waals surface area contributed by atoms with E-state index >= 15 is 0 Å². The van der Waals surface area contributed by atoms with Crippen LogP contribution in [0.2, 0.25) is 0 Å². The summed E-state index contributed by atoms with van der Waals surface area (Å²) in [5, 5.41) is 3.24. The van der Waals surface area contributed by atoms with E-state index in [0.717, 1.165) is 36.1 Å². The van der Waals surface area contributed by atoms with Crippen molar-refractivity contribution >= 4 is 5.91 Å². The molecule has 120 valence electrons. The third kappa shape index (κ3) is 3.55. The quantitative estimate of drug-likeness (QED) is 0.898. The van der Waals surface area contributed by atoms with Crippen molar-refractivity contribution in [2.75, 3.05) is 6.61 Å². The molecule has 1 aliphatic rings. The highest BCUT2D eigenvalue weighted by molar-refractivity contribution is 5.84. The number of ether oxygens (including phenoxy) is 1. The minimum absolute atomic E-state index is 0.0375. The summed E-state index contributed by atoms with van der Waals surface area (Å²) in [6.45, 7) is 2.76. The van der Waals surface area contributed by atoms with Gasteiger partial charge in [-0.3, -0.25) is 4.79 Å². The zero-order chi connectivity index (χ0) is 16.1. The van der Waals surface area contributed by atoms with Gasteiger partial charge >= 0.3 is 0 Å². The van der Waals surface area contributed by atoms with E-state index in [9.17, 15) is 4.79 Å². The van der Waals surface area contributed by atoms with Gasteiger partial charge in [0.2, 0.25) is 5.91 Å². The molecule has 3 nitrogen and oxygen atoms in total. The second kappa shape index (κ2) is 7.32. The summed E-state index contributed by atoms with van der Waals surface area (Å²) in [5.74, 6) is 0.909. The number of carbonyl (C=O) groups is 1. The van der Waals surface area contributed by atoms with Crippen LogP contribution in [0, 0.1) is 0 Å². The number of benzene rings is 2. The van der Waals surface area contributed by atoms with Crippen LogP contribution >= 0.6 is 0 Å². The van der Waals surface area contributed by atoms with Crippen molar-refractivity contribution in [3.05, 3.63) is 65.7 Å². The molecule has 3 heteroatoms. The third-order valence-corrected chi connectivity index (χ3v) is 4.37. The van der Waals surface area contributed by atoms with Gasteiger partial charge in [0.25, 0.3) is 0 Å². The van der Waals surface area contributed by atoms with Crippen molar-refractivity contribution in [3.63, 3.8) is 0 Å². The van der Waals surface area contributed by atoms with Crippen LogP contribution in [0.15, 0.2) is 54.6 Å². The molecule has 1 aliphatic heterocycles. The first kappa shape index (κ1) is 15.6. The van der Waals surface area contributed by atoms with Crippen LogP contribution in [0.25, 0.3) is 0 Å². The largest absolute Gasteiger partial charge is 0.493 e. The lowest BCUT2D eigenvalue weighted by molar-refractivity contribution is -0.123. The molecule has 0 fully saturated rings. The highest BCUT2D eigenvalue weighted by Gasteiger charge is 2.26. The fraction of sp³-hybridized carbons (Fsp3) is 0.350. The molecular formula is C20H23NO2. The molecule has 2 atom stereocenters. The maximum Gasteiger partial charge on any atom is 0.228 e. The number of rotatable bonds is 5. The highest BCUT2D eigenvalue weighted by Crippen LogP contribution is 2.32. The molecule has 0 radical (unpaired) electrons. The molecule has 3 rings (SSSR count). The van der Waals surface area contributed by atoms with Crippen molar-refractivity contribution in [2.45, 2.75) is 38.1 Å². The maximum atomic E-state index is 12.9. The Labute approximate surface area is 137 Å². The Kier molecular flexibility index (Phi) is 4.96. The van der Waals surface area contributed by atoms with Crippen LogP contribution in [0.4, 0.5) is 0 Å². The van der Waals surface area contributed by atoms with Gasteiger partial charge in [-0.05, 0) is 18.1 Å². The first-order valence-corrected chi connectivity index (χ1v) is 8.36. The lowest BCUT2D eigenvalue weighted by atomic mass is 9.92. The van der Waals surface area contributed by atoms with Gasteiger partial charge in [0.05, 0.1) is 18.6 Å². The molecule has 0 spiro atoms. The van der Waals surface area contributed by atoms with Gasteiger partial charge in [-0.2, -0.15) is 0 Å². The van der Waals surface area contributed by atoms with Crippen LogP contribution in [0.3, 0.4) is 0 Å². The molecule has 0 saturated carbocycles. The van der Waals surface area contributed by atoms with Crippen LogP contribution in [-0.4, -0.2) is 12.5 Å². The van der Waals surface area contributed by atoms with E-state index < -0.39 is 0 Å². The Morgan fingerprint density at radius 2 is 1.91 bits per heavy atom. The van der Waals surface area contributed by atoms with Gasteiger partial charge < -0.3 is 10.1 Å². The number of nitrogens with one attached hydrogen (secondary N) is 1. The normalized spacial score (nSPS) is 17.7. The lowest BCUT2D eigenvalue weighted by Crippen LogP contribution is -2.35. The standard InChI is InChI=1S/C20H23NO2/c1-2-8-16(15-9-4-3-5-10-15)20(22)21-18-13-14-23-19-12-7-6-11-17(18)19/h3-7,9-12,16,18H,2,8,13-14H2,1H3,(H,21,22)/t16-,18-/m1/s1. The molecule has 0 unspecified atom stereocenters. The Morgan fingerprint density at radius 1 is 1.17 bits per heavy atom. The van der Waals surface area contributed by atoms with Crippen molar-refractivity contribution in [1.29, 1.82) is 0 Å². The molecule has 0 saturated heterocycles. The van der Waals surface area contributed by atoms with Crippen LogP contribution in [-0.2, 0) is 4.79 Å². The molecule has 2 aromatic rings. The maximum absolute atomic E-state index is 12.9. The zero-order valence-corrected chi connectivity index (χ0v) is 13.5. The molecule has 1 amide bonds. The second-order valence-corrected chi connectivity index (χ2v) is 5.99. The first-order valence-electron chi connectivity index (χ1n) is 8.36. The molecule has 0 aromatic heterocycles. The number of para-hydroxylation sites is 1. The third-order valence-electron chi connectivity index (χ3n) is 4.37. The summed E-state index contributed by atoms with van der Waals surface area (Å²) in [6.07, 6.45) is 2.66.